The van der Waals surface area contributed by atoms with E-state index in [9.17, 15) is 38.8 Å². The molecule has 0 radical (unpaired) electrons. The number of hydrogen-bond donors (Lipinski definition) is 2. The predicted molar refractivity (Wildman–Crippen MR) is 69.4 cm³/mol. The number of nitrogens with one attached hydrogen (secondary N) is 1. The van der Waals surface area contributed by atoms with Gasteiger partial charge in [0.2, 0.25) is 10.0 Å². The van der Waals surface area contributed by atoms with Crippen LogP contribution >= 0.6 is 0 Å². The van der Waals surface area contributed by atoms with Crippen molar-refractivity contribution < 1.29 is 38.8 Å². The molecule has 0 heterocycles. The summed E-state index contributed by atoms with van der Waals surface area (Å²) >= 11 is 0. The lowest BCUT2D eigenvalue weighted by Gasteiger charge is -2.19. The summed E-state index contributed by atoms with van der Waals surface area (Å²) in [6.45, 7) is -0.733. The Morgan fingerprint density at radius 1 is 0.957 bits per heavy atom. The molecule has 132 valence electrons. The van der Waals surface area contributed by atoms with E-state index in [2.05, 4.69) is 0 Å². The highest BCUT2D eigenvalue weighted by molar-refractivity contribution is 7.90. The van der Waals surface area contributed by atoms with Crippen molar-refractivity contribution in [3.8, 4) is 0 Å². The van der Waals surface area contributed by atoms with Crippen molar-refractivity contribution in [1.82, 2.24) is 4.72 Å². The van der Waals surface area contributed by atoms with Gasteiger partial charge >= 0.3 is 11.4 Å². The highest BCUT2D eigenvalue weighted by Crippen LogP contribution is 2.39. The van der Waals surface area contributed by atoms with Crippen molar-refractivity contribution in [2.24, 2.45) is 5.14 Å². The molecule has 0 saturated heterocycles. The van der Waals surface area contributed by atoms with Gasteiger partial charge in [0, 0.05) is 6.54 Å². The van der Waals surface area contributed by atoms with E-state index >= 15 is 0 Å². The summed E-state index contributed by atoms with van der Waals surface area (Å²) in [4.78, 5) is -0.231. The molecule has 0 spiro atoms. The van der Waals surface area contributed by atoms with Crippen LogP contribution in [0.3, 0.4) is 0 Å². The molecular weight excluding hydrogens is 371 g/mol. The second-order valence-corrected chi connectivity index (χ2v) is 7.72. The zero-order valence-corrected chi connectivity index (χ0v) is 12.8. The third kappa shape index (κ3) is 4.59. The SMILES string of the molecule is NS(=O)(=O)c1ccc(CCNS(=O)(=O)C(F)(F)C(F)(F)F)cc1. The monoisotopic (exact) mass is 382 g/mol. The topological polar surface area (TPSA) is 106 Å². The smallest absolute Gasteiger partial charge is 0.225 e. The van der Waals surface area contributed by atoms with Gasteiger partial charge in [-0.05, 0) is 24.1 Å². The Balaban J connectivity index is 2.74. The van der Waals surface area contributed by atoms with Crippen LogP contribution in [0, 0.1) is 0 Å². The Morgan fingerprint density at radius 3 is 1.83 bits per heavy atom. The molecular formula is C10H11F5N2O4S2. The Labute approximate surface area is 128 Å². The first kappa shape index (κ1) is 19.7. The van der Waals surface area contributed by atoms with Crippen molar-refractivity contribution in [1.29, 1.82) is 0 Å². The lowest BCUT2D eigenvalue weighted by molar-refractivity contribution is -0.241. The molecule has 0 aliphatic heterocycles. The largest absolute Gasteiger partial charge is 0.470 e. The maximum Gasteiger partial charge on any atom is 0.470 e. The fourth-order valence-corrected chi connectivity index (χ4v) is 2.79. The van der Waals surface area contributed by atoms with Crippen molar-refractivity contribution in [3.05, 3.63) is 29.8 Å². The number of rotatable bonds is 6. The lowest BCUT2D eigenvalue weighted by atomic mass is 10.2. The molecule has 0 unspecified atom stereocenters. The summed E-state index contributed by atoms with van der Waals surface area (Å²) in [5.41, 5.74) is 0.301. The maximum atomic E-state index is 12.8. The van der Waals surface area contributed by atoms with Crippen LogP contribution in [0.5, 0.6) is 0 Å². The van der Waals surface area contributed by atoms with Gasteiger partial charge in [-0.3, -0.25) is 0 Å². The summed E-state index contributed by atoms with van der Waals surface area (Å²) in [7, 11) is -9.88. The van der Waals surface area contributed by atoms with E-state index in [1.165, 1.54) is 12.1 Å². The minimum absolute atomic E-state index is 0.231. The van der Waals surface area contributed by atoms with Crippen LogP contribution in [0.15, 0.2) is 29.2 Å². The van der Waals surface area contributed by atoms with E-state index in [4.69, 9.17) is 5.14 Å². The number of alkyl halides is 5. The van der Waals surface area contributed by atoms with Gasteiger partial charge in [0.05, 0.1) is 4.90 Å². The molecule has 1 aromatic rings. The number of halogens is 5. The standard InChI is InChI=1S/C10H11F5N2O4S2/c11-9(12,13)10(14,15)23(20,21)17-6-5-7-1-3-8(4-2-7)22(16,18)19/h1-4,17H,5-6H2,(H2,16,18,19). The molecule has 1 rings (SSSR count). The zero-order chi connectivity index (χ0) is 18.1. The van der Waals surface area contributed by atoms with Crippen molar-refractivity contribution in [3.63, 3.8) is 0 Å². The molecule has 0 amide bonds. The summed E-state index contributed by atoms with van der Waals surface area (Å²) in [5, 5.41) is -1.08. The molecule has 0 fully saturated rings. The second kappa shape index (κ2) is 6.30. The molecule has 6 nitrogen and oxygen atoms in total. The highest BCUT2D eigenvalue weighted by Gasteiger charge is 2.67. The van der Waals surface area contributed by atoms with Gasteiger partial charge in [-0.25, -0.2) is 26.7 Å². The molecule has 0 atom stereocenters. The van der Waals surface area contributed by atoms with Gasteiger partial charge in [0.1, 0.15) is 0 Å². The molecule has 13 heteroatoms. The Hall–Kier alpha value is -1.31. The number of hydrogen-bond acceptors (Lipinski definition) is 4. The van der Waals surface area contributed by atoms with Crippen LogP contribution in [0.1, 0.15) is 5.56 Å². The molecule has 23 heavy (non-hydrogen) atoms. The van der Waals surface area contributed by atoms with Crippen LogP contribution in [0.2, 0.25) is 0 Å². The third-order valence-electron chi connectivity index (χ3n) is 2.63. The third-order valence-corrected chi connectivity index (χ3v) is 5.05. The van der Waals surface area contributed by atoms with Gasteiger partial charge in [0.25, 0.3) is 10.0 Å². The van der Waals surface area contributed by atoms with Crippen molar-refractivity contribution >= 4 is 20.0 Å². The first-order valence-corrected chi connectivity index (χ1v) is 8.77. The van der Waals surface area contributed by atoms with Gasteiger partial charge in [-0.2, -0.15) is 22.0 Å². The molecule has 0 aliphatic rings. The predicted octanol–water partition coefficient (Wildman–Crippen LogP) is 0.951. The first-order chi connectivity index (χ1) is 10.2. The molecule has 0 aromatic heterocycles. The van der Waals surface area contributed by atoms with Gasteiger partial charge < -0.3 is 0 Å². The van der Waals surface area contributed by atoms with Crippen molar-refractivity contribution in [2.75, 3.05) is 6.54 Å². The van der Waals surface area contributed by atoms with Crippen LogP contribution in [0.25, 0.3) is 0 Å². The van der Waals surface area contributed by atoms with Gasteiger partial charge in [0.15, 0.2) is 0 Å². The van der Waals surface area contributed by atoms with Crippen LogP contribution in [0.4, 0.5) is 22.0 Å². The molecule has 0 bridgehead atoms. The second-order valence-electron chi connectivity index (χ2n) is 4.35. The van der Waals surface area contributed by atoms with Gasteiger partial charge in [-0.15, -0.1) is 0 Å². The molecule has 3 N–H and O–H groups in total. The zero-order valence-electron chi connectivity index (χ0n) is 11.1. The van der Waals surface area contributed by atoms with E-state index in [0.717, 1.165) is 16.9 Å². The fraction of sp³-hybridized carbons (Fsp3) is 0.400. The van der Waals surface area contributed by atoms with Crippen LogP contribution < -0.4 is 9.86 Å². The Morgan fingerprint density at radius 2 is 1.43 bits per heavy atom. The summed E-state index contributed by atoms with van der Waals surface area (Å²) in [6.07, 6.45) is -6.48. The first-order valence-electron chi connectivity index (χ1n) is 5.74. The highest BCUT2D eigenvalue weighted by atomic mass is 32.2. The molecule has 1 aromatic carbocycles. The molecule has 0 saturated carbocycles. The van der Waals surface area contributed by atoms with E-state index < -0.39 is 38.0 Å². The van der Waals surface area contributed by atoms with Crippen LogP contribution in [-0.2, 0) is 26.5 Å². The van der Waals surface area contributed by atoms with Gasteiger partial charge in [-0.1, -0.05) is 12.1 Å². The summed E-state index contributed by atoms with van der Waals surface area (Å²) < 4.78 is 107. The number of sulfonamides is 2. The number of primary sulfonamides is 1. The lowest BCUT2D eigenvalue weighted by Crippen LogP contribution is -2.50. The number of benzene rings is 1. The normalized spacial score (nSPS) is 14.0. The number of nitrogens with two attached hydrogens (primary N) is 1. The summed E-state index contributed by atoms with van der Waals surface area (Å²) in [5.74, 6) is 0. The Kier molecular flexibility index (Phi) is 5.40. The van der Waals surface area contributed by atoms with E-state index in [1.54, 1.807) is 0 Å². The van der Waals surface area contributed by atoms with E-state index in [1.807, 2.05) is 0 Å². The molecule has 0 aliphatic carbocycles. The minimum atomic E-state index is -6.24. The van der Waals surface area contributed by atoms with Crippen molar-refractivity contribution in [2.45, 2.75) is 22.7 Å². The average molecular weight is 382 g/mol. The van der Waals surface area contributed by atoms with E-state index in [0.29, 0.717) is 5.56 Å². The fourth-order valence-electron chi connectivity index (χ4n) is 1.42. The van der Waals surface area contributed by atoms with E-state index in [-0.39, 0.29) is 11.3 Å². The Bertz CT molecular complexity index is 757. The average Bonchev–Trinajstić information content (AvgIpc) is 2.36. The quantitative estimate of drug-likeness (QED) is 0.715. The minimum Gasteiger partial charge on any atom is -0.225 e. The van der Waals surface area contributed by atoms with Crippen LogP contribution in [-0.4, -0.2) is 34.8 Å². The summed E-state index contributed by atoms with van der Waals surface area (Å²) in [6, 6.07) is 4.61. The maximum absolute atomic E-state index is 12.8.